The van der Waals surface area contributed by atoms with Gasteiger partial charge in [0, 0.05) is 54.2 Å². The Morgan fingerprint density at radius 3 is 2.82 bits per heavy atom. The van der Waals surface area contributed by atoms with E-state index in [4.69, 9.17) is 4.74 Å². The first kappa shape index (κ1) is 21.8. The maximum atomic E-state index is 14.6. The second-order valence-corrected chi connectivity index (χ2v) is 8.61. The van der Waals surface area contributed by atoms with Gasteiger partial charge in [-0.1, -0.05) is 0 Å². The first-order chi connectivity index (χ1) is 16.4. The molecule has 0 aliphatic carbocycles. The van der Waals surface area contributed by atoms with Gasteiger partial charge in [-0.2, -0.15) is 5.26 Å². The minimum Gasteiger partial charge on any atom is -0.493 e. The molecule has 4 heterocycles. The van der Waals surface area contributed by atoms with E-state index in [2.05, 4.69) is 31.2 Å². The lowest BCUT2D eigenvalue weighted by molar-refractivity contribution is 0.356. The van der Waals surface area contributed by atoms with E-state index in [1.165, 1.54) is 6.07 Å². The summed E-state index contributed by atoms with van der Waals surface area (Å²) in [5, 5.41) is 12.7. The molecule has 0 amide bonds. The molecule has 1 aliphatic rings. The number of ether oxygens (including phenoxy) is 1. The van der Waals surface area contributed by atoms with Crippen LogP contribution in [0.2, 0.25) is 0 Å². The van der Waals surface area contributed by atoms with E-state index >= 15 is 0 Å². The lowest BCUT2D eigenvalue weighted by Crippen LogP contribution is -2.12. The molecule has 8 nitrogen and oxygen atoms in total. The summed E-state index contributed by atoms with van der Waals surface area (Å²) in [6.07, 6.45) is 5.84. The van der Waals surface area contributed by atoms with Crippen molar-refractivity contribution in [2.75, 3.05) is 26.0 Å². The molecule has 9 heteroatoms. The molecule has 5 rings (SSSR count). The minimum atomic E-state index is -0.285. The van der Waals surface area contributed by atoms with E-state index in [9.17, 15) is 9.65 Å². The van der Waals surface area contributed by atoms with Crippen molar-refractivity contribution in [1.82, 2.24) is 24.3 Å². The SMILES string of the molecule is Cc1cc(CN(C)C)ncc1-c1cnc(NCc2c(F)ccc3c2CCO3)n2cc(C#N)nc12. The molecule has 0 fully saturated rings. The molecule has 0 unspecified atom stereocenters. The van der Waals surface area contributed by atoms with Crippen molar-refractivity contribution in [1.29, 1.82) is 5.26 Å². The van der Waals surface area contributed by atoms with Gasteiger partial charge in [-0.05, 0) is 44.8 Å². The number of hydrogen-bond donors (Lipinski definition) is 1. The summed E-state index contributed by atoms with van der Waals surface area (Å²) >= 11 is 0. The van der Waals surface area contributed by atoms with E-state index in [-0.39, 0.29) is 18.1 Å². The summed E-state index contributed by atoms with van der Waals surface area (Å²) in [6, 6.07) is 7.24. The van der Waals surface area contributed by atoms with Gasteiger partial charge < -0.3 is 15.0 Å². The number of halogens is 1. The number of aryl methyl sites for hydroxylation is 1. The van der Waals surface area contributed by atoms with Crippen molar-refractivity contribution in [3.63, 3.8) is 0 Å². The second kappa shape index (κ2) is 8.72. The number of imidazole rings is 1. The van der Waals surface area contributed by atoms with Crippen LogP contribution < -0.4 is 10.1 Å². The van der Waals surface area contributed by atoms with Gasteiger partial charge in [-0.25, -0.2) is 14.4 Å². The summed E-state index contributed by atoms with van der Waals surface area (Å²) in [5.41, 5.74) is 5.97. The normalized spacial score (nSPS) is 12.6. The monoisotopic (exact) mass is 457 g/mol. The zero-order valence-corrected chi connectivity index (χ0v) is 19.3. The maximum Gasteiger partial charge on any atom is 0.208 e. The van der Waals surface area contributed by atoms with E-state index in [0.717, 1.165) is 40.2 Å². The van der Waals surface area contributed by atoms with Crippen molar-refractivity contribution < 1.29 is 9.13 Å². The Kier molecular flexibility index (Phi) is 5.59. The highest BCUT2D eigenvalue weighted by Crippen LogP contribution is 2.32. The van der Waals surface area contributed by atoms with E-state index < -0.39 is 0 Å². The standard InChI is InChI=1S/C25H24FN7O/c1-15-8-16(13-32(2)3)28-10-19(15)21-12-30-25(33-14-17(9-27)31-24(21)33)29-11-20-18-6-7-34-23(18)5-4-22(20)26/h4-5,8,10,12,14H,6-7,11,13H2,1-3H3,(H,29,30). The number of rotatable bonds is 6. The third-order valence-corrected chi connectivity index (χ3v) is 5.91. The quantitative estimate of drug-likeness (QED) is 0.472. The van der Waals surface area contributed by atoms with Gasteiger partial charge in [0.15, 0.2) is 11.3 Å². The van der Waals surface area contributed by atoms with Gasteiger partial charge in [0.25, 0.3) is 0 Å². The molecule has 1 N–H and O–H groups in total. The van der Waals surface area contributed by atoms with Gasteiger partial charge in [0.05, 0.1) is 18.5 Å². The highest BCUT2D eigenvalue weighted by atomic mass is 19.1. The molecule has 0 radical (unpaired) electrons. The first-order valence-corrected chi connectivity index (χ1v) is 11.0. The molecule has 1 aromatic carbocycles. The number of nitrogens with one attached hydrogen (secondary N) is 1. The van der Waals surface area contributed by atoms with Crippen molar-refractivity contribution in [2.24, 2.45) is 0 Å². The average molecular weight is 458 g/mol. The maximum absolute atomic E-state index is 14.6. The highest BCUT2D eigenvalue weighted by molar-refractivity contribution is 5.80. The van der Waals surface area contributed by atoms with Crippen LogP contribution in [0.15, 0.2) is 36.8 Å². The van der Waals surface area contributed by atoms with Crippen LogP contribution in [-0.4, -0.2) is 45.0 Å². The predicted octanol–water partition coefficient (Wildman–Crippen LogP) is 3.72. The molecule has 0 bridgehead atoms. The second-order valence-electron chi connectivity index (χ2n) is 8.61. The summed E-state index contributed by atoms with van der Waals surface area (Å²) < 4.78 is 21.9. The van der Waals surface area contributed by atoms with Crippen LogP contribution in [0.25, 0.3) is 16.8 Å². The lowest BCUT2D eigenvalue weighted by Gasteiger charge is -2.14. The van der Waals surface area contributed by atoms with Crippen LogP contribution in [-0.2, 0) is 19.5 Å². The Bertz CT molecular complexity index is 1440. The zero-order valence-electron chi connectivity index (χ0n) is 19.3. The number of pyridine rings is 1. The molecule has 0 saturated carbocycles. The van der Waals surface area contributed by atoms with Gasteiger partial charge in [-0.15, -0.1) is 0 Å². The molecule has 3 aromatic heterocycles. The van der Waals surface area contributed by atoms with E-state index in [1.54, 1.807) is 22.9 Å². The summed E-state index contributed by atoms with van der Waals surface area (Å²) in [4.78, 5) is 15.7. The molecular weight excluding hydrogens is 433 g/mol. The number of fused-ring (bicyclic) bond motifs is 2. The molecule has 4 aromatic rings. The molecular formula is C25H24FN7O. The van der Waals surface area contributed by atoms with E-state index in [0.29, 0.717) is 30.2 Å². The van der Waals surface area contributed by atoms with Gasteiger partial charge in [0.1, 0.15) is 17.6 Å². The summed E-state index contributed by atoms with van der Waals surface area (Å²) in [6.45, 7) is 3.55. The predicted molar refractivity (Wildman–Crippen MR) is 126 cm³/mol. The fraction of sp³-hybridized carbons (Fsp3) is 0.280. The fourth-order valence-corrected chi connectivity index (χ4v) is 4.33. The smallest absolute Gasteiger partial charge is 0.208 e. The van der Waals surface area contributed by atoms with Crippen LogP contribution in [0.5, 0.6) is 5.75 Å². The topological polar surface area (TPSA) is 91.4 Å². The van der Waals surface area contributed by atoms with Crippen molar-refractivity contribution >= 4 is 11.6 Å². The van der Waals surface area contributed by atoms with Gasteiger partial charge in [-0.3, -0.25) is 9.38 Å². The largest absolute Gasteiger partial charge is 0.493 e. The van der Waals surface area contributed by atoms with Gasteiger partial charge in [0.2, 0.25) is 5.95 Å². The number of hydrogen-bond acceptors (Lipinski definition) is 7. The average Bonchev–Trinajstić information content (AvgIpc) is 3.46. The summed E-state index contributed by atoms with van der Waals surface area (Å²) in [7, 11) is 4.00. The third kappa shape index (κ3) is 3.93. The molecule has 0 spiro atoms. The van der Waals surface area contributed by atoms with E-state index in [1.807, 2.05) is 33.3 Å². The first-order valence-electron chi connectivity index (χ1n) is 11.0. The Morgan fingerprint density at radius 1 is 1.24 bits per heavy atom. The van der Waals surface area contributed by atoms with Crippen LogP contribution in [0.3, 0.4) is 0 Å². The van der Waals surface area contributed by atoms with Crippen molar-refractivity contribution in [3.8, 4) is 22.9 Å². The Hall–Kier alpha value is -4.03. The summed E-state index contributed by atoms with van der Waals surface area (Å²) in [5.74, 6) is 0.910. The van der Waals surface area contributed by atoms with Crippen LogP contribution in [0.1, 0.15) is 28.1 Å². The Morgan fingerprint density at radius 2 is 2.06 bits per heavy atom. The Balaban J connectivity index is 1.52. The number of aromatic nitrogens is 4. The lowest BCUT2D eigenvalue weighted by atomic mass is 10.0. The third-order valence-electron chi connectivity index (χ3n) is 5.91. The molecule has 34 heavy (non-hydrogen) atoms. The number of nitrogens with zero attached hydrogens (tertiary/aromatic N) is 6. The molecule has 0 saturated heterocycles. The number of nitriles is 1. The number of benzene rings is 1. The zero-order chi connectivity index (χ0) is 23.8. The fourth-order valence-electron chi connectivity index (χ4n) is 4.33. The van der Waals surface area contributed by atoms with Crippen LogP contribution in [0.4, 0.5) is 10.3 Å². The van der Waals surface area contributed by atoms with Crippen molar-refractivity contribution in [2.45, 2.75) is 26.4 Å². The minimum absolute atomic E-state index is 0.236. The Labute approximate surface area is 196 Å². The van der Waals surface area contributed by atoms with Gasteiger partial charge >= 0.3 is 0 Å². The van der Waals surface area contributed by atoms with Crippen molar-refractivity contribution in [3.05, 3.63) is 70.7 Å². The molecule has 172 valence electrons. The molecule has 1 aliphatic heterocycles. The van der Waals surface area contributed by atoms with Crippen LogP contribution in [0, 0.1) is 24.1 Å². The molecule has 0 atom stereocenters. The van der Waals surface area contributed by atoms with Crippen LogP contribution >= 0.6 is 0 Å². The highest BCUT2D eigenvalue weighted by Gasteiger charge is 2.20. The number of anilines is 1.